The first-order chi connectivity index (χ1) is 10.9. The number of hydrazine groups is 1. The third-order valence-electron chi connectivity index (χ3n) is 3.84. The van der Waals surface area contributed by atoms with Crippen molar-refractivity contribution in [3.63, 3.8) is 0 Å². The first-order valence-electron chi connectivity index (χ1n) is 7.19. The predicted octanol–water partition coefficient (Wildman–Crippen LogP) is 2.06. The van der Waals surface area contributed by atoms with Gasteiger partial charge in [0.05, 0.1) is 12.0 Å². The Kier molecular flexibility index (Phi) is 3.38. The Hall–Kier alpha value is -2.57. The lowest BCUT2D eigenvalue weighted by Crippen LogP contribution is -2.24. The van der Waals surface area contributed by atoms with Gasteiger partial charge in [0.15, 0.2) is 0 Å². The topological polar surface area (TPSA) is 75.9 Å². The third-order valence-corrected chi connectivity index (χ3v) is 3.84. The van der Waals surface area contributed by atoms with E-state index in [0.717, 1.165) is 12.1 Å². The molecule has 1 aromatic carbocycles. The molecule has 2 aromatic heterocycles. The average molecular weight is 293 g/mol. The number of nitrogens with zero attached hydrogens (tertiary/aromatic N) is 3. The molecule has 6 nitrogen and oxygen atoms in total. The molecule has 110 valence electrons. The zero-order valence-corrected chi connectivity index (χ0v) is 11.8. The number of aromatic nitrogens is 3. The maximum atomic E-state index is 5.49. The van der Waals surface area contributed by atoms with Gasteiger partial charge in [0.2, 0.25) is 11.7 Å². The summed E-state index contributed by atoms with van der Waals surface area (Å²) in [6.45, 7) is 0.748. The lowest BCUT2D eigenvalue weighted by atomic mass is 9.95. The highest BCUT2D eigenvalue weighted by atomic mass is 16.5. The molecule has 2 N–H and O–H groups in total. The standard InChI is InChI=1S/C16H15N5O/c1-2-4-11(5-3-1)14-13(10-18-20-14)16-19-15(21-22-16)12-6-8-17-9-7-12/h1-9,13-14,18,20H,10H2. The molecule has 4 rings (SSSR count). The lowest BCUT2D eigenvalue weighted by Gasteiger charge is -2.15. The second-order valence-corrected chi connectivity index (χ2v) is 5.21. The van der Waals surface area contributed by atoms with Crippen molar-refractivity contribution in [3.8, 4) is 11.4 Å². The summed E-state index contributed by atoms with van der Waals surface area (Å²) in [5.41, 5.74) is 8.56. The van der Waals surface area contributed by atoms with E-state index in [1.54, 1.807) is 12.4 Å². The molecule has 3 aromatic rings. The van der Waals surface area contributed by atoms with Gasteiger partial charge in [-0.05, 0) is 17.7 Å². The van der Waals surface area contributed by atoms with Crippen LogP contribution in [0.15, 0.2) is 59.4 Å². The Bertz CT molecular complexity index is 743. The van der Waals surface area contributed by atoms with Crippen LogP contribution in [0, 0.1) is 0 Å². The molecule has 1 aliphatic rings. The summed E-state index contributed by atoms with van der Waals surface area (Å²) in [7, 11) is 0. The van der Waals surface area contributed by atoms with Gasteiger partial charge >= 0.3 is 0 Å². The molecule has 0 saturated carbocycles. The Labute approximate surface area is 127 Å². The van der Waals surface area contributed by atoms with Gasteiger partial charge in [-0.25, -0.2) is 5.43 Å². The Balaban J connectivity index is 1.63. The second kappa shape index (κ2) is 5.67. The molecule has 22 heavy (non-hydrogen) atoms. The summed E-state index contributed by atoms with van der Waals surface area (Å²) >= 11 is 0. The van der Waals surface area contributed by atoms with Crippen LogP contribution in [0.3, 0.4) is 0 Å². The fraction of sp³-hybridized carbons (Fsp3) is 0.188. The van der Waals surface area contributed by atoms with Gasteiger partial charge in [0, 0.05) is 24.5 Å². The molecule has 0 amide bonds. The maximum absolute atomic E-state index is 5.49. The number of hydrogen-bond donors (Lipinski definition) is 2. The Morgan fingerprint density at radius 1 is 1.05 bits per heavy atom. The first-order valence-corrected chi connectivity index (χ1v) is 7.19. The van der Waals surface area contributed by atoms with E-state index in [0.29, 0.717) is 11.7 Å². The van der Waals surface area contributed by atoms with Gasteiger partial charge in [-0.3, -0.25) is 10.4 Å². The van der Waals surface area contributed by atoms with Crippen molar-refractivity contribution < 1.29 is 4.52 Å². The summed E-state index contributed by atoms with van der Waals surface area (Å²) in [6, 6.07) is 14.1. The zero-order chi connectivity index (χ0) is 14.8. The number of rotatable bonds is 3. The van der Waals surface area contributed by atoms with E-state index in [1.165, 1.54) is 5.56 Å². The van der Waals surface area contributed by atoms with Crippen molar-refractivity contribution in [2.45, 2.75) is 12.0 Å². The molecule has 1 saturated heterocycles. The number of benzene rings is 1. The number of pyridine rings is 1. The smallest absolute Gasteiger partial charge is 0.233 e. The molecule has 0 bridgehead atoms. The van der Waals surface area contributed by atoms with Crippen LogP contribution in [-0.4, -0.2) is 21.7 Å². The van der Waals surface area contributed by atoms with Gasteiger partial charge in [0.1, 0.15) is 0 Å². The highest BCUT2D eigenvalue weighted by Gasteiger charge is 2.33. The molecule has 0 radical (unpaired) electrons. The van der Waals surface area contributed by atoms with E-state index >= 15 is 0 Å². The highest BCUT2D eigenvalue weighted by Crippen LogP contribution is 2.32. The fourth-order valence-corrected chi connectivity index (χ4v) is 2.71. The Morgan fingerprint density at radius 2 is 1.86 bits per heavy atom. The minimum Gasteiger partial charge on any atom is -0.339 e. The van der Waals surface area contributed by atoms with Crippen molar-refractivity contribution in [1.29, 1.82) is 0 Å². The van der Waals surface area contributed by atoms with Gasteiger partial charge in [-0.2, -0.15) is 4.98 Å². The minimum absolute atomic E-state index is 0.102. The van der Waals surface area contributed by atoms with E-state index in [2.05, 4.69) is 38.1 Å². The van der Waals surface area contributed by atoms with Gasteiger partial charge < -0.3 is 4.52 Å². The summed E-state index contributed by atoms with van der Waals surface area (Å²) < 4.78 is 5.49. The molecular weight excluding hydrogens is 278 g/mol. The SMILES string of the molecule is c1ccc(C2NNCC2c2nc(-c3ccncc3)no2)cc1. The normalized spacial score (nSPS) is 21.1. The molecular formula is C16H15N5O. The number of nitrogens with one attached hydrogen (secondary N) is 2. The van der Waals surface area contributed by atoms with Crippen LogP contribution in [0.4, 0.5) is 0 Å². The van der Waals surface area contributed by atoms with E-state index in [4.69, 9.17) is 4.52 Å². The van der Waals surface area contributed by atoms with E-state index in [1.807, 2.05) is 30.3 Å². The lowest BCUT2D eigenvalue weighted by molar-refractivity contribution is 0.347. The van der Waals surface area contributed by atoms with Gasteiger partial charge in [-0.1, -0.05) is 35.5 Å². The Morgan fingerprint density at radius 3 is 2.68 bits per heavy atom. The molecule has 2 atom stereocenters. The van der Waals surface area contributed by atoms with Crippen LogP contribution >= 0.6 is 0 Å². The van der Waals surface area contributed by atoms with Crippen molar-refractivity contribution in [2.24, 2.45) is 0 Å². The number of hydrogen-bond acceptors (Lipinski definition) is 6. The fourth-order valence-electron chi connectivity index (χ4n) is 2.71. The molecule has 3 heterocycles. The quantitative estimate of drug-likeness (QED) is 0.770. The summed E-state index contributed by atoms with van der Waals surface area (Å²) in [5, 5.41) is 4.09. The summed E-state index contributed by atoms with van der Waals surface area (Å²) in [5.74, 6) is 1.33. The van der Waals surface area contributed by atoms with Crippen molar-refractivity contribution in [3.05, 3.63) is 66.3 Å². The predicted molar refractivity (Wildman–Crippen MR) is 80.6 cm³/mol. The van der Waals surface area contributed by atoms with Crippen LogP contribution in [0.1, 0.15) is 23.4 Å². The van der Waals surface area contributed by atoms with E-state index < -0.39 is 0 Å². The summed E-state index contributed by atoms with van der Waals surface area (Å²) in [4.78, 5) is 8.55. The summed E-state index contributed by atoms with van der Waals surface area (Å²) in [6.07, 6.45) is 3.44. The minimum atomic E-state index is 0.102. The van der Waals surface area contributed by atoms with Crippen LogP contribution in [0.25, 0.3) is 11.4 Å². The van der Waals surface area contributed by atoms with Crippen LogP contribution in [0.2, 0.25) is 0 Å². The highest BCUT2D eigenvalue weighted by molar-refractivity contribution is 5.52. The first kappa shape index (κ1) is 13.1. The average Bonchev–Trinajstić information content (AvgIpc) is 3.25. The monoisotopic (exact) mass is 293 g/mol. The zero-order valence-electron chi connectivity index (χ0n) is 11.8. The second-order valence-electron chi connectivity index (χ2n) is 5.21. The molecule has 1 aliphatic heterocycles. The van der Waals surface area contributed by atoms with Crippen molar-refractivity contribution in [1.82, 2.24) is 26.0 Å². The molecule has 1 fully saturated rings. The van der Waals surface area contributed by atoms with Crippen LogP contribution in [-0.2, 0) is 0 Å². The third kappa shape index (κ3) is 2.38. The maximum Gasteiger partial charge on any atom is 0.233 e. The molecule has 0 aliphatic carbocycles. The van der Waals surface area contributed by atoms with Crippen molar-refractivity contribution in [2.75, 3.05) is 6.54 Å². The van der Waals surface area contributed by atoms with Crippen molar-refractivity contribution >= 4 is 0 Å². The van der Waals surface area contributed by atoms with Gasteiger partial charge in [0.25, 0.3) is 0 Å². The molecule has 0 spiro atoms. The van der Waals surface area contributed by atoms with Crippen LogP contribution in [0.5, 0.6) is 0 Å². The molecule has 2 unspecified atom stereocenters. The largest absolute Gasteiger partial charge is 0.339 e. The van der Waals surface area contributed by atoms with E-state index in [9.17, 15) is 0 Å². The molecule has 6 heteroatoms. The van der Waals surface area contributed by atoms with Crippen LogP contribution < -0.4 is 10.9 Å². The van der Waals surface area contributed by atoms with Gasteiger partial charge in [-0.15, -0.1) is 0 Å². The van der Waals surface area contributed by atoms with E-state index in [-0.39, 0.29) is 12.0 Å².